The smallest absolute Gasteiger partial charge is 0.345 e. The van der Waals surface area contributed by atoms with Crippen molar-refractivity contribution in [2.24, 2.45) is 28.6 Å². The van der Waals surface area contributed by atoms with Crippen LogP contribution in [0.5, 0.6) is 5.75 Å². The van der Waals surface area contributed by atoms with Crippen LogP contribution < -0.4 is 10.4 Å². The number of hydrogen-bond donors (Lipinski definition) is 3. The van der Waals surface area contributed by atoms with Crippen molar-refractivity contribution in [3.05, 3.63) is 52.4 Å². The summed E-state index contributed by atoms with van der Waals surface area (Å²) in [6.45, 7) is 8.23. The second kappa shape index (κ2) is 7.42. The maximum atomic E-state index is 13.1. The van der Waals surface area contributed by atoms with Gasteiger partial charge in [-0.3, -0.25) is 0 Å². The van der Waals surface area contributed by atoms with Crippen LogP contribution >= 0.6 is 0 Å². The molecule has 3 aliphatic rings. The Morgan fingerprint density at radius 1 is 1.12 bits per heavy atom. The first-order chi connectivity index (χ1) is 15.6. The number of ether oxygens (including phenoxy) is 1. The topological polar surface area (TPSA) is 100 Å². The van der Waals surface area contributed by atoms with Gasteiger partial charge >= 0.3 is 5.63 Å². The lowest BCUT2D eigenvalue weighted by Gasteiger charge is -2.66. The van der Waals surface area contributed by atoms with E-state index >= 15 is 0 Å². The lowest BCUT2D eigenvalue weighted by atomic mass is 9.41. The Morgan fingerprint density at radius 3 is 2.48 bits per heavy atom. The predicted molar refractivity (Wildman–Crippen MR) is 124 cm³/mol. The van der Waals surface area contributed by atoms with Crippen molar-refractivity contribution in [3.8, 4) is 17.1 Å². The highest BCUT2D eigenvalue weighted by Gasteiger charge is 2.68. The molecule has 2 aromatic rings. The van der Waals surface area contributed by atoms with Crippen LogP contribution in [0.4, 0.5) is 0 Å². The summed E-state index contributed by atoms with van der Waals surface area (Å²) in [6, 6.07) is 10.9. The Bertz CT molecular complexity index is 1110. The van der Waals surface area contributed by atoms with Crippen molar-refractivity contribution in [2.45, 2.75) is 64.8 Å². The third kappa shape index (κ3) is 3.00. The molecular weight excluding hydrogens is 420 g/mol. The SMILES string of the molecule is C[C@H]1CC[C@]2(C)C3[C@@H](O)c4c(cc(-c5ccccc5)oc4=O)O[C@]3(C)[C@@H](O)CC2[C@@]1(C)CO. The van der Waals surface area contributed by atoms with E-state index in [-0.39, 0.29) is 29.8 Å². The molecule has 0 amide bonds. The summed E-state index contributed by atoms with van der Waals surface area (Å²) in [7, 11) is 0. The van der Waals surface area contributed by atoms with Gasteiger partial charge in [0.25, 0.3) is 0 Å². The maximum absolute atomic E-state index is 13.1. The molecule has 1 aliphatic heterocycles. The van der Waals surface area contributed by atoms with Gasteiger partial charge in [-0.2, -0.15) is 0 Å². The van der Waals surface area contributed by atoms with Crippen molar-refractivity contribution in [1.29, 1.82) is 0 Å². The molecule has 1 aromatic heterocycles. The number of hydrogen-bond acceptors (Lipinski definition) is 6. The number of aliphatic hydroxyl groups is 3. The Labute approximate surface area is 194 Å². The zero-order valence-corrected chi connectivity index (χ0v) is 19.7. The Hall–Kier alpha value is -2.15. The van der Waals surface area contributed by atoms with E-state index in [4.69, 9.17) is 9.15 Å². The van der Waals surface area contributed by atoms with Crippen molar-refractivity contribution >= 4 is 0 Å². The van der Waals surface area contributed by atoms with Crippen molar-refractivity contribution in [3.63, 3.8) is 0 Å². The van der Waals surface area contributed by atoms with Crippen molar-refractivity contribution in [2.75, 3.05) is 6.61 Å². The first-order valence-corrected chi connectivity index (χ1v) is 12.0. The fourth-order valence-electron chi connectivity index (χ4n) is 7.41. The standard InChI is InChI=1S/C27H34O6/c1-15-10-11-25(2)19(26(15,3)14-28)13-20(29)27(4)23(25)22(30)21-18(33-27)12-17(32-24(21)31)16-8-6-5-7-9-16/h5-9,12,15,19-20,22-23,28-30H,10-11,13-14H2,1-4H3/t15-,19?,20-,22-,23?,25-,26-,27+/m0/s1. The molecule has 0 radical (unpaired) electrons. The van der Waals surface area contributed by atoms with Crippen LogP contribution in [-0.2, 0) is 0 Å². The highest BCUT2D eigenvalue weighted by atomic mass is 16.5. The molecule has 6 nitrogen and oxygen atoms in total. The summed E-state index contributed by atoms with van der Waals surface area (Å²) in [5.41, 5.74) is -1.66. The van der Waals surface area contributed by atoms with Crippen LogP contribution in [0.2, 0.25) is 0 Å². The molecule has 2 heterocycles. The number of rotatable bonds is 2. The van der Waals surface area contributed by atoms with Gasteiger partial charge in [-0.15, -0.1) is 0 Å². The van der Waals surface area contributed by atoms with E-state index in [1.807, 2.05) is 37.3 Å². The molecule has 5 rings (SSSR count). The molecule has 0 spiro atoms. The summed E-state index contributed by atoms with van der Waals surface area (Å²) < 4.78 is 12.1. The highest BCUT2D eigenvalue weighted by molar-refractivity contribution is 5.60. The van der Waals surface area contributed by atoms with E-state index in [0.29, 0.717) is 12.2 Å². The lowest BCUT2D eigenvalue weighted by Crippen LogP contribution is -2.69. The average Bonchev–Trinajstić information content (AvgIpc) is 2.78. The summed E-state index contributed by atoms with van der Waals surface area (Å²) in [5.74, 6) is 0.371. The van der Waals surface area contributed by atoms with Crippen LogP contribution in [-0.4, -0.2) is 33.6 Å². The van der Waals surface area contributed by atoms with Crippen LogP contribution in [0.15, 0.2) is 45.6 Å². The fourth-order valence-corrected chi connectivity index (χ4v) is 7.41. The first kappa shape index (κ1) is 22.6. The molecule has 0 saturated heterocycles. The second-order valence-corrected chi connectivity index (χ2v) is 11.2. The van der Waals surface area contributed by atoms with E-state index < -0.39 is 40.2 Å². The van der Waals surface area contributed by atoms with Gasteiger partial charge in [0.1, 0.15) is 22.7 Å². The van der Waals surface area contributed by atoms with Crippen molar-refractivity contribution < 1.29 is 24.5 Å². The molecule has 8 atom stereocenters. The summed E-state index contributed by atoms with van der Waals surface area (Å²) in [4.78, 5) is 13.1. The van der Waals surface area contributed by atoms with Crippen LogP contribution in [0, 0.1) is 28.6 Å². The fraction of sp³-hybridized carbons (Fsp3) is 0.593. The van der Waals surface area contributed by atoms with Gasteiger partial charge in [-0.1, -0.05) is 51.1 Å². The van der Waals surface area contributed by atoms with E-state index in [2.05, 4.69) is 20.8 Å². The maximum Gasteiger partial charge on any atom is 0.345 e. The molecule has 2 aliphatic carbocycles. The zero-order valence-electron chi connectivity index (χ0n) is 19.7. The molecule has 178 valence electrons. The van der Waals surface area contributed by atoms with Crippen LogP contribution in [0.3, 0.4) is 0 Å². The lowest BCUT2D eigenvalue weighted by molar-refractivity contribution is -0.256. The van der Waals surface area contributed by atoms with Gasteiger partial charge in [0.2, 0.25) is 0 Å². The minimum atomic E-state index is -1.14. The van der Waals surface area contributed by atoms with Gasteiger partial charge < -0.3 is 24.5 Å². The highest BCUT2D eigenvalue weighted by Crippen LogP contribution is 2.67. The quantitative estimate of drug-likeness (QED) is 0.636. The van der Waals surface area contributed by atoms with Gasteiger partial charge in [-0.05, 0) is 48.9 Å². The molecule has 2 saturated carbocycles. The van der Waals surface area contributed by atoms with Crippen LogP contribution in [0.25, 0.3) is 11.3 Å². The normalized spacial score (nSPS) is 42.0. The molecule has 6 heteroatoms. The Kier molecular flexibility index (Phi) is 5.09. The molecule has 33 heavy (non-hydrogen) atoms. The van der Waals surface area contributed by atoms with E-state index in [1.165, 1.54) is 0 Å². The summed E-state index contributed by atoms with van der Waals surface area (Å²) >= 11 is 0. The van der Waals surface area contributed by atoms with Gasteiger partial charge in [0.15, 0.2) is 0 Å². The first-order valence-electron chi connectivity index (χ1n) is 12.0. The molecule has 3 N–H and O–H groups in total. The largest absolute Gasteiger partial charge is 0.484 e. The zero-order chi connectivity index (χ0) is 23.8. The monoisotopic (exact) mass is 454 g/mol. The molecule has 2 unspecified atom stereocenters. The van der Waals surface area contributed by atoms with Gasteiger partial charge in [0.05, 0.1) is 12.2 Å². The number of fused-ring (bicyclic) bond motifs is 4. The second-order valence-electron chi connectivity index (χ2n) is 11.2. The van der Waals surface area contributed by atoms with E-state index in [0.717, 1.165) is 18.4 Å². The minimum Gasteiger partial charge on any atom is -0.484 e. The average molecular weight is 455 g/mol. The summed E-state index contributed by atoms with van der Waals surface area (Å²) in [6.07, 6.45) is 0.198. The van der Waals surface area contributed by atoms with E-state index in [9.17, 15) is 20.1 Å². The van der Waals surface area contributed by atoms with Gasteiger partial charge in [-0.25, -0.2) is 4.79 Å². The Morgan fingerprint density at radius 2 is 1.82 bits per heavy atom. The number of benzene rings is 1. The molecule has 1 aromatic carbocycles. The predicted octanol–water partition coefficient (Wildman–Crippen LogP) is 3.92. The molecular formula is C27H34O6. The molecule has 0 bridgehead atoms. The summed E-state index contributed by atoms with van der Waals surface area (Å²) in [5, 5.41) is 33.5. The Balaban J connectivity index is 1.65. The van der Waals surface area contributed by atoms with Gasteiger partial charge in [0, 0.05) is 24.2 Å². The third-order valence-electron chi connectivity index (χ3n) is 9.57. The molecule has 2 fully saturated rings. The van der Waals surface area contributed by atoms with Crippen LogP contribution in [0.1, 0.15) is 58.6 Å². The number of aliphatic hydroxyl groups excluding tert-OH is 3. The third-order valence-corrected chi connectivity index (χ3v) is 9.57. The van der Waals surface area contributed by atoms with Crippen molar-refractivity contribution in [1.82, 2.24) is 0 Å². The minimum absolute atomic E-state index is 0.0146. The van der Waals surface area contributed by atoms with E-state index in [1.54, 1.807) is 6.07 Å².